The number of nitrogens with one attached hydrogen (secondary N) is 1. The predicted molar refractivity (Wildman–Crippen MR) is 81.3 cm³/mol. The Balaban J connectivity index is 1.92. The van der Waals surface area contributed by atoms with Crippen LogP contribution in [0.4, 0.5) is 0 Å². The molecule has 1 amide bonds. The van der Waals surface area contributed by atoms with Gasteiger partial charge in [-0.25, -0.2) is 4.79 Å². The van der Waals surface area contributed by atoms with Crippen LogP contribution in [0.3, 0.4) is 0 Å². The summed E-state index contributed by atoms with van der Waals surface area (Å²) in [6.07, 6.45) is 5.15. The van der Waals surface area contributed by atoms with Gasteiger partial charge < -0.3 is 10.4 Å². The maximum absolute atomic E-state index is 12.0. The molecule has 1 aromatic carbocycles. The lowest BCUT2D eigenvalue weighted by atomic mass is 10.0. The van der Waals surface area contributed by atoms with Gasteiger partial charge in [-0.2, -0.15) is 0 Å². The maximum Gasteiger partial charge on any atom is 0.326 e. The summed E-state index contributed by atoms with van der Waals surface area (Å²) in [6, 6.07) is 6.14. The van der Waals surface area contributed by atoms with Gasteiger partial charge in [0.1, 0.15) is 6.04 Å². The summed E-state index contributed by atoms with van der Waals surface area (Å²) in [5.41, 5.74) is 0.802. The zero-order valence-electron chi connectivity index (χ0n) is 11.8. The number of carboxylic acids is 1. The van der Waals surface area contributed by atoms with E-state index in [2.05, 4.69) is 5.32 Å². The van der Waals surface area contributed by atoms with E-state index in [0.717, 1.165) is 18.4 Å². The minimum absolute atomic E-state index is 0.170. The molecular weight excluding hydrogens is 290 g/mol. The third-order valence-corrected chi connectivity index (χ3v) is 4.15. The van der Waals surface area contributed by atoms with E-state index in [9.17, 15) is 14.7 Å². The van der Waals surface area contributed by atoms with Crippen molar-refractivity contribution in [2.75, 3.05) is 0 Å². The second-order valence-electron chi connectivity index (χ2n) is 5.65. The lowest BCUT2D eigenvalue weighted by Crippen LogP contribution is -2.42. The molecule has 1 atom stereocenters. The first kappa shape index (κ1) is 15.8. The van der Waals surface area contributed by atoms with E-state index in [4.69, 9.17) is 11.6 Å². The molecule has 1 aliphatic carbocycles. The monoisotopic (exact) mass is 309 g/mol. The molecule has 1 saturated carbocycles. The van der Waals surface area contributed by atoms with Crippen molar-refractivity contribution < 1.29 is 14.7 Å². The van der Waals surface area contributed by atoms with Crippen LogP contribution < -0.4 is 5.32 Å². The van der Waals surface area contributed by atoms with Gasteiger partial charge in [0, 0.05) is 17.9 Å². The van der Waals surface area contributed by atoms with Gasteiger partial charge >= 0.3 is 5.97 Å². The van der Waals surface area contributed by atoms with E-state index < -0.39 is 12.0 Å². The van der Waals surface area contributed by atoms with Gasteiger partial charge in [0.05, 0.1) is 0 Å². The predicted octanol–water partition coefficient (Wildman–Crippen LogP) is 3.03. The molecule has 0 saturated heterocycles. The van der Waals surface area contributed by atoms with Gasteiger partial charge in [0.25, 0.3) is 0 Å². The molecular formula is C16H20ClNO3. The molecule has 1 aromatic rings. The highest BCUT2D eigenvalue weighted by Crippen LogP contribution is 2.27. The Kier molecular flexibility index (Phi) is 5.62. The van der Waals surface area contributed by atoms with Crippen molar-refractivity contribution in [3.05, 3.63) is 34.9 Å². The highest BCUT2D eigenvalue weighted by Gasteiger charge is 2.23. The fraction of sp³-hybridized carbons (Fsp3) is 0.500. The van der Waals surface area contributed by atoms with E-state index in [1.807, 2.05) is 6.07 Å². The average molecular weight is 310 g/mol. The number of amides is 1. The first-order valence-electron chi connectivity index (χ1n) is 7.31. The van der Waals surface area contributed by atoms with Gasteiger partial charge in [0.2, 0.25) is 5.91 Å². The number of aliphatic carboxylic acids is 1. The summed E-state index contributed by atoms with van der Waals surface area (Å²) in [6.45, 7) is 0. The van der Waals surface area contributed by atoms with Crippen molar-refractivity contribution in [3.8, 4) is 0 Å². The van der Waals surface area contributed by atoms with Crippen LogP contribution in [-0.4, -0.2) is 23.0 Å². The highest BCUT2D eigenvalue weighted by atomic mass is 35.5. The Morgan fingerprint density at radius 3 is 2.67 bits per heavy atom. The van der Waals surface area contributed by atoms with Crippen molar-refractivity contribution in [1.29, 1.82) is 0 Å². The van der Waals surface area contributed by atoms with Gasteiger partial charge in [-0.1, -0.05) is 36.6 Å². The smallest absolute Gasteiger partial charge is 0.326 e. The molecule has 0 aliphatic heterocycles. The van der Waals surface area contributed by atoms with Gasteiger partial charge in [-0.05, 0) is 36.5 Å². The van der Waals surface area contributed by atoms with Crippen LogP contribution in [0.2, 0.25) is 5.02 Å². The summed E-state index contributed by atoms with van der Waals surface area (Å²) >= 11 is 5.89. The fourth-order valence-electron chi connectivity index (χ4n) is 2.83. The standard InChI is InChI=1S/C16H20ClNO3/c17-13-7-3-6-12(8-13)9-14(16(20)21)18-15(19)10-11-4-1-2-5-11/h3,6-8,11,14H,1-2,4-5,9-10H2,(H,18,19)(H,20,21)/t14-/m0/s1. The fourth-order valence-corrected chi connectivity index (χ4v) is 3.04. The Morgan fingerprint density at radius 1 is 1.33 bits per heavy atom. The Labute approximate surface area is 129 Å². The average Bonchev–Trinajstić information content (AvgIpc) is 2.90. The van der Waals surface area contributed by atoms with Crippen LogP contribution in [0.5, 0.6) is 0 Å². The van der Waals surface area contributed by atoms with Crippen LogP contribution in [0, 0.1) is 5.92 Å². The summed E-state index contributed by atoms with van der Waals surface area (Å²) < 4.78 is 0. The van der Waals surface area contributed by atoms with Crippen LogP contribution >= 0.6 is 11.6 Å². The molecule has 0 spiro atoms. The van der Waals surface area contributed by atoms with E-state index in [1.54, 1.807) is 18.2 Å². The van der Waals surface area contributed by atoms with Gasteiger partial charge in [-0.15, -0.1) is 0 Å². The summed E-state index contributed by atoms with van der Waals surface area (Å²) in [7, 11) is 0. The molecule has 0 bridgehead atoms. The van der Waals surface area contributed by atoms with Crippen LogP contribution in [0.25, 0.3) is 0 Å². The van der Waals surface area contributed by atoms with E-state index in [1.165, 1.54) is 12.8 Å². The Hall–Kier alpha value is -1.55. The molecule has 1 aliphatic rings. The molecule has 0 radical (unpaired) electrons. The normalized spacial score (nSPS) is 16.6. The molecule has 2 N–H and O–H groups in total. The summed E-state index contributed by atoms with van der Waals surface area (Å²) in [5, 5.41) is 12.5. The number of hydrogen-bond acceptors (Lipinski definition) is 2. The second kappa shape index (κ2) is 7.46. The van der Waals surface area contributed by atoms with Crippen molar-refractivity contribution >= 4 is 23.5 Å². The first-order valence-corrected chi connectivity index (χ1v) is 7.69. The third kappa shape index (κ3) is 5.05. The van der Waals surface area contributed by atoms with Crippen LogP contribution in [0.15, 0.2) is 24.3 Å². The topological polar surface area (TPSA) is 66.4 Å². The van der Waals surface area contributed by atoms with Crippen molar-refractivity contribution in [2.45, 2.75) is 44.6 Å². The Morgan fingerprint density at radius 2 is 2.05 bits per heavy atom. The highest BCUT2D eigenvalue weighted by molar-refractivity contribution is 6.30. The molecule has 1 fully saturated rings. The van der Waals surface area contributed by atoms with E-state index in [-0.39, 0.29) is 12.3 Å². The summed E-state index contributed by atoms with van der Waals surface area (Å²) in [4.78, 5) is 23.3. The number of carbonyl (C=O) groups is 2. The second-order valence-corrected chi connectivity index (χ2v) is 6.08. The van der Waals surface area contributed by atoms with Crippen molar-refractivity contribution in [3.63, 3.8) is 0 Å². The molecule has 2 rings (SSSR count). The largest absolute Gasteiger partial charge is 0.480 e. The molecule has 5 heteroatoms. The Bertz CT molecular complexity index is 512. The number of carboxylic acid groups (broad SMARTS) is 1. The maximum atomic E-state index is 12.0. The summed E-state index contributed by atoms with van der Waals surface area (Å²) in [5.74, 6) is -0.781. The minimum Gasteiger partial charge on any atom is -0.480 e. The van der Waals surface area contributed by atoms with Gasteiger partial charge in [-0.3, -0.25) is 4.79 Å². The number of hydrogen-bond donors (Lipinski definition) is 2. The number of rotatable bonds is 6. The van der Waals surface area contributed by atoms with Crippen LogP contribution in [-0.2, 0) is 16.0 Å². The SMILES string of the molecule is O=C(CC1CCCC1)N[C@@H](Cc1cccc(Cl)c1)C(=O)O. The number of benzene rings is 1. The number of carbonyl (C=O) groups excluding carboxylic acids is 1. The quantitative estimate of drug-likeness (QED) is 0.849. The van der Waals surface area contributed by atoms with E-state index in [0.29, 0.717) is 17.4 Å². The molecule has 114 valence electrons. The van der Waals surface area contributed by atoms with E-state index >= 15 is 0 Å². The van der Waals surface area contributed by atoms with Crippen molar-refractivity contribution in [2.24, 2.45) is 5.92 Å². The molecule has 0 heterocycles. The molecule has 0 aromatic heterocycles. The van der Waals surface area contributed by atoms with Gasteiger partial charge in [0.15, 0.2) is 0 Å². The zero-order valence-corrected chi connectivity index (χ0v) is 12.6. The zero-order chi connectivity index (χ0) is 15.2. The van der Waals surface area contributed by atoms with Crippen LogP contribution in [0.1, 0.15) is 37.7 Å². The molecule has 4 nitrogen and oxygen atoms in total. The molecule has 21 heavy (non-hydrogen) atoms. The van der Waals surface area contributed by atoms with Crippen molar-refractivity contribution in [1.82, 2.24) is 5.32 Å². The lowest BCUT2D eigenvalue weighted by molar-refractivity contribution is -0.141. The molecule has 0 unspecified atom stereocenters. The number of halogens is 1. The third-order valence-electron chi connectivity index (χ3n) is 3.91. The lowest BCUT2D eigenvalue weighted by Gasteiger charge is -2.16. The minimum atomic E-state index is -1.02. The first-order chi connectivity index (χ1) is 10.0.